The highest BCUT2D eigenvalue weighted by atomic mass is 32.2. The van der Waals surface area contributed by atoms with Gasteiger partial charge in [0.25, 0.3) is 11.9 Å². The van der Waals surface area contributed by atoms with Crippen molar-refractivity contribution in [3.05, 3.63) is 89.0 Å². The molecule has 0 atom stereocenters. The Kier molecular flexibility index (Phi) is 4.33. The van der Waals surface area contributed by atoms with Gasteiger partial charge in [-0.15, -0.1) is 3.97 Å². The van der Waals surface area contributed by atoms with E-state index in [0.29, 0.717) is 30.2 Å². The van der Waals surface area contributed by atoms with E-state index in [4.69, 9.17) is 0 Å². The summed E-state index contributed by atoms with van der Waals surface area (Å²) in [6.45, 7) is 0.642. The fraction of sp³-hybridized carbons (Fsp3) is 0.0952. The van der Waals surface area contributed by atoms with Crippen molar-refractivity contribution in [1.82, 2.24) is 14.1 Å². The quantitative estimate of drug-likeness (QED) is 0.458. The van der Waals surface area contributed by atoms with Crippen molar-refractivity contribution in [2.24, 2.45) is 0 Å². The van der Waals surface area contributed by atoms with Crippen LogP contribution in [-0.4, -0.2) is 22.5 Å². The second-order valence-corrected chi connectivity index (χ2v) is 8.93. The van der Waals surface area contributed by atoms with Gasteiger partial charge in [0.05, 0.1) is 10.9 Å². The molecule has 0 amide bonds. The maximum atomic E-state index is 13.5. The molecule has 0 bridgehead atoms. The Bertz CT molecular complexity index is 1550. The number of hydrogen-bond acceptors (Lipinski definition) is 4. The van der Waals surface area contributed by atoms with Gasteiger partial charge in [0.15, 0.2) is 11.6 Å². The lowest BCUT2D eigenvalue weighted by Crippen LogP contribution is -2.40. The predicted molar refractivity (Wildman–Crippen MR) is 108 cm³/mol. The molecule has 0 spiro atoms. The average molecular weight is 441 g/mol. The Morgan fingerprint density at radius 2 is 1.90 bits per heavy atom. The van der Waals surface area contributed by atoms with Gasteiger partial charge in [-0.05, 0) is 36.8 Å². The van der Waals surface area contributed by atoms with Crippen LogP contribution in [0.3, 0.4) is 0 Å². The molecule has 2 aromatic carbocycles. The van der Waals surface area contributed by atoms with Crippen LogP contribution in [-0.2, 0) is 16.6 Å². The van der Waals surface area contributed by atoms with E-state index in [1.54, 1.807) is 18.3 Å². The number of aromatic nitrogens is 4. The molecule has 0 radical (unpaired) electrons. The molecule has 2 aromatic heterocycles. The van der Waals surface area contributed by atoms with Gasteiger partial charge in [-0.3, -0.25) is 4.79 Å². The lowest BCUT2D eigenvalue weighted by atomic mass is 10.2. The molecule has 156 valence electrons. The van der Waals surface area contributed by atoms with Crippen LogP contribution in [0.25, 0.3) is 22.7 Å². The van der Waals surface area contributed by atoms with Gasteiger partial charge in [0, 0.05) is 12.1 Å². The molecular weight excluding hydrogens is 426 g/mol. The number of halogens is 2. The van der Waals surface area contributed by atoms with E-state index < -0.39 is 21.7 Å². The van der Waals surface area contributed by atoms with E-state index in [-0.39, 0.29) is 10.5 Å². The van der Waals surface area contributed by atoms with Crippen molar-refractivity contribution in [3.8, 4) is 0 Å². The Morgan fingerprint density at radius 3 is 2.71 bits per heavy atom. The first-order valence-electron chi connectivity index (χ1n) is 9.34. The Hall–Kier alpha value is -3.66. The third-order valence-electron chi connectivity index (χ3n) is 5.18. The first-order chi connectivity index (χ1) is 14.8. The third kappa shape index (κ3) is 3.15. The Balaban J connectivity index is 1.54. The molecule has 0 aliphatic carbocycles. The second-order valence-electron chi connectivity index (χ2n) is 7.09. The number of imidazole rings is 1. The van der Waals surface area contributed by atoms with Gasteiger partial charge in [0.1, 0.15) is 29.3 Å². The maximum Gasteiger partial charge on any atom is 0.335 e. The maximum absolute atomic E-state index is 13.5. The molecule has 0 N–H and O–H groups in total. The minimum Gasteiger partial charge on any atom is -0.325 e. The van der Waals surface area contributed by atoms with Crippen LogP contribution in [0.15, 0.2) is 70.9 Å². The van der Waals surface area contributed by atoms with Crippen molar-refractivity contribution in [1.29, 1.82) is 0 Å². The highest BCUT2D eigenvalue weighted by molar-refractivity contribution is 7.85. The molecule has 3 heterocycles. The van der Waals surface area contributed by atoms with Gasteiger partial charge in [-0.1, -0.05) is 12.1 Å². The summed E-state index contributed by atoms with van der Waals surface area (Å²) >= 11 is 0. The van der Waals surface area contributed by atoms with Gasteiger partial charge in [0.2, 0.25) is 0 Å². The smallest absolute Gasteiger partial charge is 0.325 e. The van der Waals surface area contributed by atoms with Crippen LogP contribution in [0.1, 0.15) is 12.2 Å². The molecule has 7 nitrogen and oxygen atoms in total. The summed E-state index contributed by atoms with van der Waals surface area (Å²) < 4.78 is 56.5. The molecule has 31 heavy (non-hydrogen) atoms. The van der Waals surface area contributed by atoms with E-state index in [1.807, 2.05) is 16.7 Å². The fourth-order valence-electron chi connectivity index (χ4n) is 3.67. The van der Waals surface area contributed by atoms with Crippen molar-refractivity contribution >= 4 is 32.7 Å². The lowest BCUT2D eigenvalue weighted by Gasteiger charge is -2.06. The number of nitrogens with zero attached hydrogens (tertiary/aromatic N) is 4. The third-order valence-corrected chi connectivity index (χ3v) is 6.81. The summed E-state index contributed by atoms with van der Waals surface area (Å²) in [6.07, 6.45) is 6.41. The number of hydrogen-bond donors (Lipinski definition) is 0. The number of para-hydroxylation sites is 1. The van der Waals surface area contributed by atoms with E-state index in [0.717, 1.165) is 27.2 Å². The van der Waals surface area contributed by atoms with E-state index >= 15 is 0 Å². The topological polar surface area (TPSA) is 77.8 Å². The van der Waals surface area contributed by atoms with Crippen LogP contribution in [0, 0.1) is 11.6 Å². The highest BCUT2D eigenvalue weighted by Gasteiger charge is 2.25. The summed E-state index contributed by atoms with van der Waals surface area (Å²) in [5.41, 5.74) is 1.25. The molecule has 0 saturated carbocycles. The first kappa shape index (κ1) is 19.3. The van der Waals surface area contributed by atoms with E-state index in [9.17, 15) is 22.0 Å². The van der Waals surface area contributed by atoms with Crippen molar-refractivity contribution < 1.29 is 21.2 Å². The monoisotopic (exact) mass is 441 g/mol. The lowest BCUT2D eigenvalue weighted by molar-refractivity contribution is -0.510. The summed E-state index contributed by atoms with van der Waals surface area (Å²) in [7, 11) is -4.10. The summed E-state index contributed by atoms with van der Waals surface area (Å²) in [5, 5.41) is 0.545. The zero-order chi connectivity index (χ0) is 21.8. The number of allylic oxidation sites excluding steroid dienone is 1. The Labute approximate surface area is 175 Å². The number of rotatable bonds is 3. The molecule has 0 fully saturated rings. The minimum absolute atomic E-state index is 0.321. The Morgan fingerprint density at radius 1 is 1.10 bits per heavy atom. The van der Waals surface area contributed by atoms with Gasteiger partial charge >= 0.3 is 10.0 Å². The first-order valence-corrected chi connectivity index (χ1v) is 10.8. The number of aryl methyl sites for hydroxylation is 1. The van der Waals surface area contributed by atoms with Crippen LogP contribution in [0.2, 0.25) is 0 Å². The van der Waals surface area contributed by atoms with Crippen LogP contribution < -0.4 is 9.53 Å². The molecule has 1 aliphatic rings. The van der Waals surface area contributed by atoms with E-state index in [1.165, 1.54) is 23.3 Å². The van der Waals surface area contributed by atoms with Gasteiger partial charge < -0.3 is 4.57 Å². The normalized spacial score (nSPS) is 15.0. The number of benzene rings is 2. The molecule has 10 heteroatoms. The predicted octanol–water partition coefficient (Wildman–Crippen LogP) is 2.40. The average Bonchev–Trinajstić information content (AvgIpc) is 3.39. The van der Waals surface area contributed by atoms with Crippen LogP contribution in [0.4, 0.5) is 8.78 Å². The van der Waals surface area contributed by atoms with E-state index in [2.05, 4.69) is 4.98 Å². The van der Waals surface area contributed by atoms with Crippen molar-refractivity contribution in [3.63, 3.8) is 0 Å². The van der Waals surface area contributed by atoms with Gasteiger partial charge in [-0.2, -0.15) is 13.4 Å². The molecule has 0 saturated heterocycles. The SMILES string of the molecule is O=c1nc2n(c3ccccc13)CC/C2=C\n1cc[n+](S(=O)(=O)c2ccc(F)c(F)c2)c1. The highest BCUT2D eigenvalue weighted by Crippen LogP contribution is 2.28. The zero-order valence-electron chi connectivity index (χ0n) is 15.9. The fourth-order valence-corrected chi connectivity index (χ4v) is 4.85. The second kappa shape index (κ2) is 6.95. The molecular formula is C21H15F2N4O3S+. The van der Waals surface area contributed by atoms with Crippen LogP contribution in [0.5, 0.6) is 0 Å². The molecule has 5 rings (SSSR count). The number of fused-ring (bicyclic) bond motifs is 3. The molecule has 4 aromatic rings. The standard InChI is InChI=1S/C21H15F2N4O3S/c22-17-6-5-15(11-18(17)23)31(29,30)26-10-9-25(13-26)12-14-7-8-27-19-4-2-1-3-16(19)21(28)24-20(14)27/h1-6,9-13H,7-8H2/q+1/b14-12+. The summed E-state index contributed by atoms with van der Waals surface area (Å²) in [6, 6.07) is 9.66. The van der Waals surface area contributed by atoms with Crippen LogP contribution >= 0.6 is 0 Å². The molecule has 1 aliphatic heterocycles. The van der Waals surface area contributed by atoms with Gasteiger partial charge in [-0.25, -0.2) is 13.3 Å². The molecule has 0 unspecified atom stereocenters. The zero-order valence-corrected chi connectivity index (χ0v) is 16.8. The summed E-state index contributed by atoms with van der Waals surface area (Å²) in [5.74, 6) is -1.83. The van der Waals surface area contributed by atoms with Crippen molar-refractivity contribution in [2.45, 2.75) is 17.9 Å². The summed E-state index contributed by atoms with van der Waals surface area (Å²) in [4.78, 5) is 16.2. The van der Waals surface area contributed by atoms with Crippen molar-refractivity contribution in [2.75, 3.05) is 0 Å². The largest absolute Gasteiger partial charge is 0.335 e. The minimum atomic E-state index is -4.10.